The summed E-state index contributed by atoms with van der Waals surface area (Å²) in [6.45, 7) is 5.39. The maximum absolute atomic E-state index is 11.5. The van der Waals surface area contributed by atoms with Gasteiger partial charge in [-0.2, -0.15) is 0 Å². The molecule has 0 bridgehead atoms. The van der Waals surface area contributed by atoms with Gasteiger partial charge in [0.2, 0.25) is 5.91 Å². The number of hydrogen-bond acceptors (Lipinski definition) is 3. The number of methoxy groups -OCH3 is 1. The molecular weight excluding hydrogens is 218 g/mol. The molecule has 0 aliphatic heterocycles. The molecular formula is C10H18ClNO3. The highest BCUT2D eigenvalue weighted by Crippen LogP contribution is 2.06. The Morgan fingerprint density at radius 3 is 2.20 bits per heavy atom. The van der Waals surface area contributed by atoms with Gasteiger partial charge >= 0.3 is 5.97 Å². The van der Waals surface area contributed by atoms with Gasteiger partial charge in [0.1, 0.15) is 6.04 Å². The molecule has 0 aromatic rings. The van der Waals surface area contributed by atoms with Crippen LogP contribution in [0.25, 0.3) is 0 Å². The molecule has 0 spiro atoms. The lowest BCUT2D eigenvalue weighted by atomic mass is 10.0. The van der Waals surface area contributed by atoms with Crippen LogP contribution >= 0.6 is 11.6 Å². The number of halogens is 1. The molecule has 0 aromatic carbocycles. The van der Waals surface area contributed by atoms with E-state index in [0.717, 1.165) is 0 Å². The van der Waals surface area contributed by atoms with Crippen molar-refractivity contribution in [3.8, 4) is 0 Å². The first-order valence-corrected chi connectivity index (χ1v) is 5.41. The molecule has 88 valence electrons. The monoisotopic (exact) mass is 235 g/mol. The van der Waals surface area contributed by atoms with Crippen molar-refractivity contribution in [1.82, 2.24) is 5.32 Å². The molecule has 0 radical (unpaired) electrons. The summed E-state index contributed by atoms with van der Waals surface area (Å²) in [5.41, 5.74) is 0. The SMILES string of the molecule is COC(=O)C(NC(=O)C(C)CCl)C(C)C. The molecule has 4 nitrogen and oxygen atoms in total. The average Bonchev–Trinajstić information content (AvgIpc) is 2.22. The maximum atomic E-state index is 11.5. The van der Waals surface area contributed by atoms with E-state index < -0.39 is 12.0 Å². The van der Waals surface area contributed by atoms with Crippen molar-refractivity contribution in [2.75, 3.05) is 13.0 Å². The molecule has 0 fully saturated rings. The summed E-state index contributed by atoms with van der Waals surface area (Å²) in [7, 11) is 1.30. The van der Waals surface area contributed by atoms with Crippen molar-refractivity contribution >= 4 is 23.5 Å². The second-order valence-electron chi connectivity index (χ2n) is 3.81. The first-order valence-electron chi connectivity index (χ1n) is 4.88. The third-order valence-electron chi connectivity index (χ3n) is 2.10. The number of nitrogens with one attached hydrogen (secondary N) is 1. The number of hydrogen-bond donors (Lipinski definition) is 1. The van der Waals surface area contributed by atoms with E-state index in [1.54, 1.807) is 6.92 Å². The first-order chi connectivity index (χ1) is 6.93. The summed E-state index contributed by atoms with van der Waals surface area (Å²) >= 11 is 5.55. The van der Waals surface area contributed by atoms with Crippen molar-refractivity contribution in [1.29, 1.82) is 0 Å². The molecule has 0 aromatic heterocycles. The minimum absolute atomic E-state index is 0.0103. The molecule has 5 heteroatoms. The van der Waals surface area contributed by atoms with Gasteiger partial charge < -0.3 is 10.1 Å². The van der Waals surface area contributed by atoms with Crippen LogP contribution in [0.3, 0.4) is 0 Å². The van der Waals surface area contributed by atoms with E-state index >= 15 is 0 Å². The van der Waals surface area contributed by atoms with Crippen molar-refractivity contribution in [3.05, 3.63) is 0 Å². The Hall–Kier alpha value is -0.770. The van der Waals surface area contributed by atoms with Crippen LogP contribution in [-0.4, -0.2) is 30.9 Å². The second-order valence-corrected chi connectivity index (χ2v) is 4.12. The molecule has 0 saturated carbocycles. The maximum Gasteiger partial charge on any atom is 0.328 e. The van der Waals surface area contributed by atoms with Crippen molar-refractivity contribution in [2.45, 2.75) is 26.8 Å². The molecule has 1 N–H and O–H groups in total. The Morgan fingerprint density at radius 1 is 1.33 bits per heavy atom. The van der Waals surface area contributed by atoms with Crippen molar-refractivity contribution < 1.29 is 14.3 Å². The Balaban J connectivity index is 4.42. The Labute approximate surface area is 95.3 Å². The van der Waals surface area contributed by atoms with E-state index in [1.165, 1.54) is 7.11 Å². The summed E-state index contributed by atoms with van der Waals surface area (Å²) < 4.78 is 4.60. The van der Waals surface area contributed by atoms with Gasteiger partial charge in [-0.05, 0) is 5.92 Å². The standard InChI is InChI=1S/C10H18ClNO3/c1-6(2)8(10(14)15-4)12-9(13)7(3)5-11/h6-8H,5H2,1-4H3,(H,12,13). The van der Waals surface area contributed by atoms with Crippen LogP contribution < -0.4 is 5.32 Å². The smallest absolute Gasteiger partial charge is 0.328 e. The Bertz CT molecular complexity index is 231. The number of carbonyl (C=O) groups is 2. The van der Waals surface area contributed by atoms with Gasteiger partial charge in [0, 0.05) is 11.8 Å². The number of rotatable bonds is 5. The zero-order valence-electron chi connectivity index (χ0n) is 9.54. The molecule has 0 saturated heterocycles. The fourth-order valence-corrected chi connectivity index (χ4v) is 1.13. The van der Waals surface area contributed by atoms with Gasteiger partial charge in [-0.3, -0.25) is 4.79 Å². The number of ether oxygens (including phenoxy) is 1. The Morgan fingerprint density at radius 2 is 1.87 bits per heavy atom. The highest BCUT2D eigenvalue weighted by molar-refractivity contribution is 6.19. The van der Waals surface area contributed by atoms with E-state index in [4.69, 9.17) is 11.6 Å². The summed E-state index contributed by atoms with van der Waals surface area (Å²) in [6, 6.07) is -0.604. The fraction of sp³-hybridized carbons (Fsp3) is 0.800. The van der Waals surface area contributed by atoms with Gasteiger partial charge in [0.25, 0.3) is 0 Å². The van der Waals surface area contributed by atoms with Crippen molar-refractivity contribution in [3.63, 3.8) is 0 Å². The number of carbonyl (C=O) groups excluding carboxylic acids is 2. The van der Waals surface area contributed by atoms with Gasteiger partial charge in [-0.25, -0.2) is 4.79 Å². The van der Waals surface area contributed by atoms with Gasteiger partial charge in [0.15, 0.2) is 0 Å². The second kappa shape index (κ2) is 6.67. The van der Waals surface area contributed by atoms with Crippen LogP contribution in [0.5, 0.6) is 0 Å². The van der Waals surface area contributed by atoms with Crippen LogP contribution in [-0.2, 0) is 14.3 Å². The number of esters is 1. The summed E-state index contributed by atoms with van der Waals surface area (Å²) in [6.07, 6.45) is 0. The molecule has 0 aliphatic carbocycles. The molecule has 2 atom stereocenters. The van der Waals surface area contributed by atoms with Crippen LogP contribution in [0.2, 0.25) is 0 Å². The van der Waals surface area contributed by atoms with Crippen LogP contribution in [0.1, 0.15) is 20.8 Å². The molecule has 0 heterocycles. The van der Waals surface area contributed by atoms with E-state index in [-0.39, 0.29) is 23.6 Å². The van der Waals surface area contributed by atoms with Gasteiger partial charge in [-0.1, -0.05) is 20.8 Å². The first kappa shape index (κ1) is 14.2. The number of alkyl halides is 1. The van der Waals surface area contributed by atoms with Crippen molar-refractivity contribution in [2.24, 2.45) is 11.8 Å². The van der Waals surface area contributed by atoms with E-state index in [2.05, 4.69) is 10.1 Å². The molecule has 0 aliphatic rings. The Kier molecular flexibility index (Phi) is 6.32. The van der Waals surface area contributed by atoms with Crippen LogP contribution in [0, 0.1) is 11.8 Å². The zero-order valence-corrected chi connectivity index (χ0v) is 10.3. The van der Waals surface area contributed by atoms with Gasteiger partial charge in [-0.15, -0.1) is 11.6 Å². The van der Waals surface area contributed by atoms with E-state index in [0.29, 0.717) is 0 Å². The predicted octanol–water partition coefficient (Wildman–Crippen LogP) is 1.18. The molecule has 1 amide bonds. The fourth-order valence-electron chi connectivity index (χ4n) is 0.990. The highest BCUT2D eigenvalue weighted by Gasteiger charge is 2.26. The van der Waals surface area contributed by atoms with E-state index in [1.807, 2.05) is 13.8 Å². The third kappa shape index (κ3) is 4.51. The largest absolute Gasteiger partial charge is 0.467 e. The quantitative estimate of drug-likeness (QED) is 0.575. The normalized spacial score (nSPS) is 14.5. The molecule has 0 rings (SSSR count). The minimum Gasteiger partial charge on any atom is -0.467 e. The predicted molar refractivity (Wildman–Crippen MR) is 58.7 cm³/mol. The molecule has 2 unspecified atom stereocenters. The average molecular weight is 236 g/mol. The van der Waals surface area contributed by atoms with Gasteiger partial charge in [0.05, 0.1) is 7.11 Å². The topological polar surface area (TPSA) is 55.4 Å². The highest BCUT2D eigenvalue weighted by atomic mass is 35.5. The van der Waals surface area contributed by atoms with Crippen LogP contribution in [0.15, 0.2) is 0 Å². The lowest BCUT2D eigenvalue weighted by Crippen LogP contribution is -2.47. The lowest BCUT2D eigenvalue weighted by Gasteiger charge is -2.21. The summed E-state index contributed by atoms with van der Waals surface area (Å²) in [5, 5.41) is 2.62. The summed E-state index contributed by atoms with van der Waals surface area (Å²) in [5.74, 6) is -0.742. The third-order valence-corrected chi connectivity index (χ3v) is 2.56. The van der Waals surface area contributed by atoms with E-state index in [9.17, 15) is 9.59 Å². The minimum atomic E-state index is -0.604. The van der Waals surface area contributed by atoms with Crippen LogP contribution in [0.4, 0.5) is 0 Å². The molecule has 15 heavy (non-hydrogen) atoms. The summed E-state index contributed by atoms with van der Waals surface area (Å²) in [4.78, 5) is 22.8. The number of amides is 1. The lowest BCUT2D eigenvalue weighted by molar-refractivity contribution is -0.146. The zero-order chi connectivity index (χ0) is 12.0.